The van der Waals surface area contributed by atoms with E-state index < -0.39 is 12.0 Å². The number of carbonyl (C=O) groups is 2. The molecule has 0 spiro atoms. The molecule has 0 saturated carbocycles. The van der Waals surface area contributed by atoms with Crippen molar-refractivity contribution in [2.75, 3.05) is 12.0 Å². The van der Waals surface area contributed by atoms with E-state index in [-0.39, 0.29) is 12.3 Å². The highest BCUT2D eigenvalue weighted by atomic mass is 32.2. The van der Waals surface area contributed by atoms with Crippen LogP contribution in [0.4, 0.5) is 0 Å². The molecule has 0 radical (unpaired) electrons. The summed E-state index contributed by atoms with van der Waals surface area (Å²) >= 11 is 1.55. The van der Waals surface area contributed by atoms with Gasteiger partial charge in [0.05, 0.1) is 12.1 Å². The van der Waals surface area contributed by atoms with Gasteiger partial charge in [0.1, 0.15) is 11.7 Å². The number of nitrogens with zero attached hydrogens (tertiary/aromatic N) is 2. The zero-order valence-corrected chi connectivity index (χ0v) is 13.4. The van der Waals surface area contributed by atoms with Gasteiger partial charge >= 0.3 is 5.97 Å². The smallest absolute Gasteiger partial charge is 0.326 e. The number of aromatic nitrogens is 2. The molecule has 1 amide bonds. The van der Waals surface area contributed by atoms with Gasteiger partial charge in [-0.2, -0.15) is 11.8 Å². The fourth-order valence-corrected chi connectivity index (χ4v) is 2.60. The first-order chi connectivity index (χ1) is 10.5. The number of aryl methyl sites for hydroxylation is 1. The van der Waals surface area contributed by atoms with Gasteiger partial charge in [-0.1, -0.05) is 0 Å². The molecule has 7 heteroatoms. The monoisotopic (exact) mass is 321 g/mol. The standard InChI is InChI=1S/C15H19N3O3S/c1-10-3-5-18-9-11(16-13(18)7-10)8-14(19)17-12(15(20)21)4-6-22-2/h3,5,7,9,12H,4,6,8H2,1-2H3,(H,17,19)(H,20,21). The molecule has 1 unspecified atom stereocenters. The lowest BCUT2D eigenvalue weighted by Gasteiger charge is -2.13. The van der Waals surface area contributed by atoms with E-state index in [1.54, 1.807) is 18.0 Å². The van der Waals surface area contributed by atoms with Gasteiger partial charge in [0, 0.05) is 12.4 Å². The van der Waals surface area contributed by atoms with Crippen molar-refractivity contribution in [3.8, 4) is 0 Å². The molecule has 6 nitrogen and oxygen atoms in total. The van der Waals surface area contributed by atoms with E-state index in [0.29, 0.717) is 17.9 Å². The number of carboxylic acid groups (broad SMARTS) is 1. The van der Waals surface area contributed by atoms with E-state index in [0.717, 1.165) is 11.2 Å². The summed E-state index contributed by atoms with van der Waals surface area (Å²) in [6, 6.07) is 3.04. The van der Waals surface area contributed by atoms with Gasteiger partial charge in [-0.3, -0.25) is 4.79 Å². The highest BCUT2D eigenvalue weighted by Crippen LogP contribution is 2.08. The summed E-state index contributed by atoms with van der Waals surface area (Å²) in [4.78, 5) is 27.5. The minimum absolute atomic E-state index is 0.0732. The molecular weight excluding hydrogens is 302 g/mol. The minimum atomic E-state index is -1.01. The number of aliphatic carboxylic acids is 1. The fraction of sp³-hybridized carbons (Fsp3) is 0.400. The molecule has 1 atom stereocenters. The second-order valence-electron chi connectivity index (χ2n) is 5.12. The van der Waals surface area contributed by atoms with Crippen molar-refractivity contribution in [1.29, 1.82) is 0 Å². The highest BCUT2D eigenvalue weighted by molar-refractivity contribution is 7.98. The van der Waals surface area contributed by atoms with Crippen LogP contribution in [0.5, 0.6) is 0 Å². The number of hydrogen-bond donors (Lipinski definition) is 2. The molecule has 0 bridgehead atoms. The quantitative estimate of drug-likeness (QED) is 0.807. The van der Waals surface area contributed by atoms with Crippen molar-refractivity contribution in [1.82, 2.24) is 14.7 Å². The first kappa shape index (κ1) is 16.4. The highest BCUT2D eigenvalue weighted by Gasteiger charge is 2.20. The van der Waals surface area contributed by atoms with Crippen LogP contribution in [0.25, 0.3) is 5.65 Å². The van der Waals surface area contributed by atoms with E-state index in [4.69, 9.17) is 5.11 Å². The van der Waals surface area contributed by atoms with Crippen molar-refractivity contribution >= 4 is 29.3 Å². The van der Waals surface area contributed by atoms with Crippen LogP contribution in [-0.4, -0.2) is 44.4 Å². The topological polar surface area (TPSA) is 83.7 Å². The number of thioether (sulfide) groups is 1. The van der Waals surface area contributed by atoms with E-state index in [2.05, 4.69) is 10.3 Å². The summed E-state index contributed by atoms with van der Waals surface area (Å²) in [7, 11) is 0. The number of pyridine rings is 1. The maximum absolute atomic E-state index is 12.0. The van der Waals surface area contributed by atoms with Gasteiger partial charge < -0.3 is 14.8 Å². The Labute approximate surface area is 132 Å². The Morgan fingerprint density at radius 2 is 2.27 bits per heavy atom. The lowest BCUT2D eigenvalue weighted by molar-refractivity contribution is -0.141. The Bertz CT molecular complexity index is 684. The summed E-state index contributed by atoms with van der Waals surface area (Å²) in [5.41, 5.74) is 2.49. The molecule has 2 aromatic heterocycles. The predicted molar refractivity (Wildman–Crippen MR) is 86.2 cm³/mol. The lowest BCUT2D eigenvalue weighted by atomic mass is 10.2. The SMILES string of the molecule is CSCCC(NC(=O)Cc1cn2ccc(C)cc2n1)C(=O)O. The number of nitrogens with one attached hydrogen (secondary N) is 1. The third kappa shape index (κ3) is 4.24. The summed E-state index contributed by atoms with van der Waals surface area (Å²) in [5, 5.41) is 11.7. The normalized spacial score (nSPS) is 12.3. The van der Waals surface area contributed by atoms with Crippen LogP contribution >= 0.6 is 11.8 Å². The predicted octanol–water partition coefficient (Wildman–Crippen LogP) is 1.51. The molecule has 0 aliphatic heterocycles. The zero-order valence-electron chi connectivity index (χ0n) is 12.6. The van der Waals surface area contributed by atoms with Crippen LogP contribution < -0.4 is 5.32 Å². The average molecular weight is 321 g/mol. The van der Waals surface area contributed by atoms with Gasteiger partial charge in [-0.05, 0) is 43.0 Å². The van der Waals surface area contributed by atoms with Crippen molar-refractivity contribution in [2.45, 2.75) is 25.8 Å². The van der Waals surface area contributed by atoms with Crippen LogP contribution in [0.2, 0.25) is 0 Å². The van der Waals surface area contributed by atoms with Crippen molar-refractivity contribution in [3.63, 3.8) is 0 Å². The van der Waals surface area contributed by atoms with Gasteiger partial charge in [-0.25, -0.2) is 9.78 Å². The Kier molecular flexibility index (Phi) is 5.43. The summed E-state index contributed by atoms with van der Waals surface area (Å²) in [6.07, 6.45) is 6.05. The molecule has 2 N–H and O–H groups in total. The molecule has 0 aliphatic rings. The number of rotatable bonds is 7. The minimum Gasteiger partial charge on any atom is -0.480 e. The second-order valence-corrected chi connectivity index (χ2v) is 6.10. The molecule has 22 heavy (non-hydrogen) atoms. The summed E-state index contributed by atoms with van der Waals surface area (Å²) in [5.74, 6) is -0.646. The van der Waals surface area contributed by atoms with Crippen molar-refractivity contribution < 1.29 is 14.7 Å². The first-order valence-electron chi connectivity index (χ1n) is 6.95. The Morgan fingerprint density at radius 3 is 2.95 bits per heavy atom. The molecule has 0 aliphatic carbocycles. The maximum atomic E-state index is 12.0. The Balaban J connectivity index is 2.01. The van der Waals surface area contributed by atoms with Gasteiger partial charge in [0.25, 0.3) is 0 Å². The number of hydrogen-bond acceptors (Lipinski definition) is 4. The zero-order chi connectivity index (χ0) is 16.1. The maximum Gasteiger partial charge on any atom is 0.326 e. The number of carboxylic acids is 1. The van der Waals surface area contributed by atoms with Gasteiger partial charge in [0.2, 0.25) is 5.91 Å². The fourth-order valence-electron chi connectivity index (χ4n) is 2.12. The Morgan fingerprint density at radius 1 is 1.50 bits per heavy atom. The molecule has 2 rings (SSSR count). The van der Waals surface area contributed by atoms with E-state index in [1.807, 2.05) is 35.9 Å². The number of carbonyl (C=O) groups excluding carboxylic acids is 1. The third-order valence-electron chi connectivity index (χ3n) is 3.25. The molecular formula is C15H19N3O3S. The van der Waals surface area contributed by atoms with Crippen molar-refractivity contribution in [2.24, 2.45) is 0 Å². The van der Waals surface area contributed by atoms with Crippen LogP contribution in [0, 0.1) is 6.92 Å². The molecule has 118 valence electrons. The lowest BCUT2D eigenvalue weighted by Crippen LogP contribution is -2.41. The largest absolute Gasteiger partial charge is 0.480 e. The third-order valence-corrected chi connectivity index (χ3v) is 3.90. The van der Waals surface area contributed by atoms with Crippen molar-refractivity contribution in [3.05, 3.63) is 35.8 Å². The number of imidazole rings is 1. The molecule has 2 heterocycles. The first-order valence-corrected chi connectivity index (χ1v) is 8.34. The number of fused-ring (bicyclic) bond motifs is 1. The summed E-state index contributed by atoms with van der Waals surface area (Å²) < 4.78 is 1.85. The van der Waals surface area contributed by atoms with Crippen LogP contribution in [0.3, 0.4) is 0 Å². The average Bonchev–Trinajstić information content (AvgIpc) is 2.84. The van der Waals surface area contributed by atoms with E-state index in [9.17, 15) is 9.59 Å². The van der Waals surface area contributed by atoms with Crippen LogP contribution in [-0.2, 0) is 16.0 Å². The van der Waals surface area contributed by atoms with E-state index >= 15 is 0 Å². The van der Waals surface area contributed by atoms with Gasteiger partial charge in [0.15, 0.2) is 0 Å². The molecule has 0 fully saturated rings. The summed E-state index contributed by atoms with van der Waals surface area (Å²) in [6.45, 7) is 1.98. The van der Waals surface area contributed by atoms with Gasteiger partial charge in [-0.15, -0.1) is 0 Å². The Hall–Kier alpha value is -2.02. The van der Waals surface area contributed by atoms with Crippen LogP contribution in [0.1, 0.15) is 17.7 Å². The molecule has 2 aromatic rings. The molecule has 0 aromatic carbocycles. The van der Waals surface area contributed by atoms with E-state index in [1.165, 1.54) is 0 Å². The van der Waals surface area contributed by atoms with Crippen LogP contribution in [0.15, 0.2) is 24.5 Å². The number of amides is 1. The molecule has 0 saturated heterocycles. The second kappa shape index (κ2) is 7.31.